The van der Waals surface area contributed by atoms with Crippen molar-refractivity contribution in [2.75, 3.05) is 13.2 Å². The summed E-state index contributed by atoms with van der Waals surface area (Å²) in [6.45, 7) is -1.56. The van der Waals surface area contributed by atoms with Gasteiger partial charge in [0.1, 0.15) is 12.2 Å². The number of ether oxygens (including phenoxy) is 1. The van der Waals surface area contributed by atoms with E-state index in [0.717, 1.165) is 0 Å². The van der Waals surface area contributed by atoms with E-state index in [1.807, 2.05) is 0 Å². The van der Waals surface area contributed by atoms with Crippen molar-refractivity contribution in [1.82, 2.24) is 0 Å². The largest absolute Gasteiger partial charge is 0.726 e. The normalized spacial score (nSPS) is 27.7. The fraction of sp³-hybridized carbons (Fsp3) is 1.00. The van der Waals surface area contributed by atoms with Gasteiger partial charge < -0.3 is 18.4 Å². The zero-order valence-electron chi connectivity index (χ0n) is 10.4. The van der Waals surface area contributed by atoms with Gasteiger partial charge in [0.2, 0.25) is 31.2 Å². The molecule has 0 aromatic carbocycles. The lowest BCUT2D eigenvalue weighted by molar-refractivity contribution is -0.114. The lowest BCUT2D eigenvalue weighted by Crippen LogP contribution is -2.47. The molecule has 22 heavy (non-hydrogen) atoms. The summed E-state index contributed by atoms with van der Waals surface area (Å²) in [5.74, 6) is 0. The molecule has 0 saturated carbocycles. The summed E-state index contributed by atoms with van der Waals surface area (Å²) in [4.78, 5) is 0. The van der Waals surface area contributed by atoms with Gasteiger partial charge in [-0.15, -0.1) is 0 Å². The van der Waals surface area contributed by atoms with Crippen molar-refractivity contribution in [1.29, 1.82) is 0 Å². The van der Waals surface area contributed by atoms with Gasteiger partial charge in [-0.1, -0.05) is 0 Å². The molecule has 0 bridgehead atoms. The minimum Gasteiger partial charge on any atom is -0.726 e. The predicted molar refractivity (Wildman–Crippen MR) is 59.1 cm³/mol. The van der Waals surface area contributed by atoms with Crippen molar-refractivity contribution < 1.29 is 56.2 Å². The van der Waals surface area contributed by atoms with Crippen LogP contribution in [0.15, 0.2) is 0 Å². The molecule has 0 aromatic heterocycles. The first-order chi connectivity index (χ1) is 9.75. The van der Waals surface area contributed by atoms with Crippen molar-refractivity contribution >= 4 is 31.2 Å². The topological polar surface area (TPSA) is 209 Å². The van der Waals surface area contributed by atoms with Crippen LogP contribution in [0.4, 0.5) is 0 Å². The van der Waals surface area contributed by atoms with Crippen LogP contribution in [0.25, 0.3) is 0 Å². The van der Waals surface area contributed by atoms with Crippen LogP contribution in [0.5, 0.6) is 0 Å². The highest BCUT2D eigenvalue weighted by molar-refractivity contribution is 7.81. The molecule has 1 saturated heterocycles. The molecule has 16 heteroatoms. The maximum Gasteiger partial charge on any atom is 0.218 e. The molecule has 0 spiro atoms. The van der Waals surface area contributed by atoms with Crippen molar-refractivity contribution in [2.45, 2.75) is 24.7 Å². The van der Waals surface area contributed by atoms with Gasteiger partial charge in [-0.05, 0) is 0 Å². The molecule has 132 valence electrons. The van der Waals surface area contributed by atoms with Crippen LogP contribution in [0.1, 0.15) is 6.42 Å². The molecule has 1 fully saturated rings. The Morgan fingerprint density at radius 1 is 0.864 bits per heavy atom. The third-order valence-electron chi connectivity index (χ3n) is 2.29. The number of hydrogen-bond donors (Lipinski definition) is 0. The van der Waals surface area contributed by atoms with Crippen LogP contribution >= 0.6 is 0 Å². The fourth-order valence-corrected chi connectivity index (χ4v) is 2.89. The van der Waals surface area contributed by atoms with E-state index in [1.165, 1.54) is 0 Å². The van der Waals surface area contributed by atoms with E-state index >= 15 is 0 Å². The smallest absolute Gasteiger partial charge is 0.218 e. The first-order valence-corrected chi connectivity index (χ1v) is 9.25. The molecule has 1 rings (SSSR count). The summed E-state index contributed by atoms with van der Waals surface area (Å²) < 4.78 is 111. The zero-order valence-corrected chi connectivity index (χ0v) is 12.8. The maximum absolute atomic E-state index is 10.6. The van der Waals surface area contributed by atoms with Gasteiger partial charge in [0.15, 0.2) is 0 Å². The monoisotopic (exact) mass is 385 g/mol. The van der Waals surface area contributed by atoms with Gasteiger partial charge in [-0.25, -0.2) is 25.3 Å². The fourth-order valence-electron chi connectivity index (χ4n) is 1.59. The molecule has 0 aromatic rings. The van der Waals surface area contributed by atoms with E-state index < -0.39 is 69.1 Å². The molecule has 13 nitrogen and oxygen atoms in total. The highest BCUT2D eigenvalue weighted by atomic mass is 32.3. The highest BCUT2D eigenvalue weighted by Crippen LogP contribution is 2.23. The molecule has 2 unspecified atom stereocenters. The second kappa shape index (κ2) is 6.99. The summed E-state index contributed by atoms with van der Waals surface area (Å²) in [5.41, 5.74) is 0. The molecular weight excluding hydrogens is 376 g/mol. The van der Waals surface area contributed by atoms with E-state index in [0.29, 0.717) is 0 Å². The molecule has 1 aliphatic rings. The lowest BCUT2D eigenvalue weighted by Gasteiger charge is -2.35. The Hall–Kier alpha value is -0.430. The van der Waals surface area contributed by atoms with Gasteiger partial charge >= 0.3 is 0 Å². The highest BCUT2D eigenvalue weighted by Gasteiger charge is 2.36. The Morgan fingerprint density at radius 3 is 1.82 bits per heavy atom. The van der Waals surface area contributed by atoms with Crippen molar-refractivity contribution in [3.05, 3.63) is 0 Å². The molecule has 3 atom stereocenters. The van der Waals surface area contributed by atoms with Gasteiger partial charge in [0.25, 0.3) is 0 Å². The van der Waals surface area contributed by atoms with Crippen molar-refractivity contribution in [3.8, 4) is 0 Å². The predicted octanol–water partition coefficient (Wildman–Crippen LogP) is -3.06. The first-order valence-electron chi connectivity index (χ1n) is 5.25. The van der Waals surface area contributed by atoms with Crippen LogP contribution in [-0.4, -0.2) is 70.4 Å². The quantitative estimate of drug-likeness (QED) is 0.315. The Labute approximate surface area is 126 Å². The molecule has 0 amide bonds. The van der Waals surface area contributed by atoms with Crippen LogP contribution in [0.3, 0.4) is 0 Å². The van der Waals surface area contributed by atoms with E-state index in [4.69, 9.17) is 4.74 Å². The SMILES string of the molecule is O=S(=O)([O-])OCC1C[C@@H](OS(=O)(=O)[O-])C(OS(=O)(=O)[O-])CO1. The van der Waals surface area contributed by atoms with E-state index in [2.05, 4.69) is 12.5 Å². The first kappa shape index (κ1) is 19.6. The van der Waals surface area contributed by atoms with Gasteiger partial charge in [0, 0.05) is 6.42 Å². The Morgan fingerprint density at radius 2 is 1.36 bits per heavy atom. The summed E-state index contributed by atoms with van der Waals surface area (Å²) in [6.07, 6.45) is -5.30. The zero-order chi connectivity index (χ0) is 17.2. The van der Waals surface area contributed by atoms with E-state index in [9.17, 15) is 38.9 Å². The van der Waals surface area contributed by atoms with Crippen LogP contribution in [0.2, 0.25) is 0 Å². The standard InChI is InChI=1S/C6H12O13S3/c7-20(8,9)17-2-4-1-5(18-21(10,11)12)6(3-16-4)19-22(13,14)15/h4-6H,1-3H2,(H,7,8,9)(H,10,11,12)(H,13,14,15)/p-3/t4?,5-,6?/m1/s1. The van der Waals surface area contributed by atoms with Crippen molar-refractivity contribution in [2.24, 2.45) is 0 Å². The third-order valence-corrected chi connectivity index (χ3v) is 3.68. The maximum atomic E-state index is 10.6. The summed E-state index contributed by atoms with van der Waals surface area (Å²) in [5, 5.41) is 0. The average molecular weight is 385 g/mol. The second-order valence-corrected chi connectivity index (χ2v) is 7.04. The summed E-state index contributed by atoms with van der Waals surface area (Å²) in [6, 6.07) is 0. The number of hydrogen-bond acceptors (Lipinski definition) is 13. The second-order valence-electron chi connectivity index (χ2n) is 3.97. The molecule has 0 radical (unpaired) electrons. The van der Waals surface area contributed by atoms with Crippen LogP contribution in [0, 0.1) is 0 Å². The Bertz CT molecular complexity index is 675. The molecule has 0 N–H and O–H groups in total. The number of rotatable bonds is 7. The molecule has 0 aliphatic carbocycles. The van der Waals surface area contributed by atoms with Gasteiger partial charge in [0.05, 0.1) is 19.3 Å². The van der Waals surface area contributed by atoms with Crippen LogP contribution < -0.4 is 0 Å². The van der Waals surface area contributed by atoms with Crippen LogP contribution in [-0.2, 0) is 48.5 Å². The minimum absolute atomic E-state index is 0.586. The average Bonchev–Trinajstić information content (AvgIpc) is 2.24. The summed E-state index contributed by atoms with van der Waals surface area (Å²) in [7, 11) is -15.6. The van der Waals surface area contributed by atoms with E-state index in [-0.39, 0.29) is 0 Å². The Kier molecular flexibility index (Phi) is 6.23. The van der Waals surface area contributed by atoms with Gasteiger partial charge in [-0.3, -0.25) is 12.5 Å². The van der Waals surface area contributed by atoms with Gasteiger partial charge in [-0.2, -0.15) is 0 Å². The van der Waals surface area contributed by atoms with Crippen molar-refractivity contribution in [3.63, 3.8) is 0 Å². The molecule has 1 heterocycles. The molecular formula is C6H9O13S3-3. The Balaban J connectivity index is 2.79. The molecule has 1 aliphatic heterocycles. The minimum atomic E-state index is -5.28. The van der Waals surface area contributed by atoms with E-state index in [1.54, 1.807) is 0 Å². The summed E-state index contributed by atoms with van der Waals surface area (Å²) >= 11 is 0. The lowest BCUT2D eigenvalue weighted by atomic mass is 10.0. The third kappa shape index (κ3) is 8.27.